The summed E-state index contributed by atoms with van der Waals surface area (Å²) in [7, 11) is 0. The molecule has 0 bridgehead atoms. The maximum Gasteiger partial charge on any atom is 0.231 e. The summed E-state index contributed by atoms with van der Waals surface area (Å²) in [6.07, 6.45) is 1.90. The van der Waals surface area contributed by atoms with E-state index < -0.39 is 0 Å². The van der Waals surface area contributed by atoms with Crippen molar-refractivity contribution in [2.45, 2.75) is 36.6 Å². The van der Waals surface area contributed by atoms with Crippen LogP contribution >= 0.6 is 11.8 Å². The fourth-order valence-corrected chi connectivity index (χ4v) is 4.54. The fraction of sp³-hybridized carbons (Fsp3) is 0.438. The van der Waals surface area contributed by atoms with E-state index >= 15 is 0 Å². The summed E-state index contributed by atoms with van der Waals surface area (Å²) >= 11 is 1.77. The van der Waals surface area contributed by atoms with Gasteiger partial charge in [-0.15, -0.1) is 11.8 Å². The van der Waals surface area contributed by atoms with E-state index in [2.05, 4.69) is 22.3 Å². The maximum absolute atomic E-state index is 13.0. The largest absolute Gasteiger partial charge is 0.340 e. The Bertz CT molecular complexity index is 715. The third-order valence-electron chi connectivity index (χ3n) is 4.38. The zero-order valence-corrected chi connectivity index (χ0v) is 13.2. The quantitative estimate of drug-likeness (QED) is 0.853. The molecule has 0 spiro atoms. The zero-order valence-electron chi connectivity index (χ0n) is 12.4. The van der Waals surface area contributed by atoms with Crippen LogP contribution < -0.4 is 0 Å². The number of fused-ring (bicyclic) bond motifs is 1. The van der Waals surface area contributed by atoms with E-state index in [0.29, 0.717) is 11.7 Å². The summed E-state index contributed by atoms with van der Waals surface area (Å²) in [5.74, 6) is 2.17. The standard InChI is InChI=1S/C16H17N3O2S/c1-10-17-15(18-21-10)13-6-4-8-19(13)16(20)12-9-22-14-7-3-2-5-11(12)14/h2-3,5,7,12-13H,4,6,8-9H2,1H3/t12-,13+/m1/s1. The van der Waals surface area contributed by atoms with E-state index in [1.165, 1.54) is 4.90 Å². The van der Waals surface area contributed by atoms with Crippen molar-refractivity contribution in [2.24, 2.45) is 0 Å². The number of carbonyl (C=O) groups excluding carboxylic acids is 1. The number of amides is 1. The Kier molecular flexibility index (Phi) is 3.41. The van der Waals surface area contributed by atoms with Crippen molar-refractivity contribution in [1.82, 2.24) is 15.0 Å². The van der Waals surface area contributed by atoms with Gasteiger partial charge in [0.25, 0.3) is 0 Å². The average Bonchev–Trinajstić information content (AvgIpc) is 3.25. The zero-order chi connectivity index (χ0) is 15.1. The highest BCUT2D eigenvalue weighted by molar-refractivity contribution is 7.99. The van der Waals surface area contributed by atoms with Crippen molar-refractivity contribution in [2.75, 3.05) is 12.3 Å². The lowest BCUT2D eigenvalue weighted by atomic mass is 9.99. The van der Waals surface area contributed by atoms with Gasteiger partial charge in [-0.05, 0) is 24.5 Å². The van der Waals surface area contributed by atoms with E-state index in [-0.39, 0.29) is 17.9 Å². The summed E-state index contributed by atoms with van der Waals surface area (Å²) in [6.45, 7) is 2.56. The SMILES string of the molecule is Cc1nc([C@@H]2CCCN2C(=O)[C@@H]2CSc3ccccc32)no1. The minimum Gasteiger partial charge on any atom is -0.340 e. The van der Waals surface area contributed by atoms with Gasteiger partial charge < -0.3 is 9.42 Å². The molecule has 0 saturated carbocycles. The van der Waals surface area contributed by atoms with E-state index in [1.54, 1.807) is 18.7 Å². The molecule has 1 aromatic carbocycles. The topological polar surface area (TPSA) is 59.2 Å². The molecule has 0 N–H and O–H groups in total. The minimum atomic E-state index is -0.0465. The van der Waals surface area contributed by atoms with Crippen molar-refractivity contribution < 1.29 is 9.32 Å². The highest BCUT2D eigenvalue weighted by Crippen LogP contribution is 2.42. The van der Waals surface area contributed by atoms with Crippen LogP contribution in [0.5, 0.6) is 0 Å². The van der Waals surface area contributed by atoms with Crippen molar-refractivity contribution in [3.8, 4) is 0 Å². The maximum atomic E-state index is 13.0. The molecule has 2 aromatic rings. The molecule has 5 nitrogen and oxygen atoms in total. The first-order chi connectivity index (χ1) is 10.7. The van der Waals surface area contributed by atoms with Gasteiger partial charge >= 0.3 is 0 Å². The second-order valence-electron chi connectivity index (χ2n) is 5.76. The molecule has 6 heteroatoms. The molecule has 114 valence electrons. The van der Waals surface area contributed by atoms with Gasteiger partial charge in [-0.25, -0.2) is 0 Å². The lowest BCUT2D eigenvalue weighted by Crippen LogP contribution is -2.35. The molecule has 1 aromatic heterocycles. The molecule has 2 aliphatic rings. The van der Waals surface area contributed by atoms with Gasteiger partial charge in [0.15, 0.2) is 5.82 Å². The Labute approximate surface area is 133 Å². The number of aromatic nitrogens is 2. The van der Waals surface area contributed by atoms with Crippen LogP contribution in [-0.4, -0.2) is 33.2 Å². The molecule has 1 amide bonds. The van der Waals surface area contributed by atoms with Crippen LogP contribution in [0.2, 0.25) is 0 Å². The molecule has 1 fully saturated rings. The molecule has 3 heterocycles. The predicted molar refractivity (Wildman–Crippen MR) is 82.6 cm³/mol. The Hall–Kier alpha value is -1.82. The van der Waals surface area contributed by atoms with Gasteiger partial charge in [0.2, 0.25) is 11.8 Å². The summed E-state index contributed by atoms with van der Waals surface area (Å²) in [6, 6.07) is 8.16. The molecule has 2 aliphatic heterocycles. The van der Waals surface area contributed by atoms with Gasteiger partial charge in [0.05, 0.1) is 12.0 Å². The molecule has 22 heavy (non-hydrogen) atoms. The predicted octanol–water partition coefficient (Wildman–Crippen LogP) is 2.93. The van der Waals surface area contributed by atoms with Crippen LogP contribution in [0.15, 0.2) is 33.7 Å². The van der Waals surface area contributed by atoms with E-state index in [0.717, 1.165) is 30.7 Å². The number of carbonyl (C=O) groups is 1. The number of hydrogen-bond acceptors (Lipinski definition) is 5. The molecule has 0 aliphatic carbocycles. The normalized spacial score (nSPS) is 23.8. The summed E-state index contributed by atoms with van der Waals surface area (Å²) in [5.41, 5.74) is 1.16. The van der Waals surface area contributed by atoms with Crippen molar-refractivity contribution >= 4 is 17.7 Å². The third-order valence-corrected chi connectivity index (χ3v) is 5.56. The number of aryl methyl sites for hydroxylation is 1. The van der Waals surface area contributed by atoms with Crippen LogP contribution in [0.3, 0.4) is 0 Å². The van der Waals surface area contributed by atoms with Crippen LogP contribution in [-0.2, 0) is 4.79 Å². The third kappa shape index (κ3) is 2.22. The van der Waals surface area contributed by atoms with E-state index in [4.69, 9.17) is 4.52 Å². The number of thioether (sulfide) groups is 1. The van der Waals surface area contributed by atoms with Crippen LogP contribution in [0.4, 0.5) is 0 Å². The number of nitrogens with zero attached hydrogens (tertiary/aromatic N) is 3. The fourth-order valence-electron chi connectivity index (χ4n) is 3.32. The summed E-state index contributed by atoms with van der Waals surface area (Å²) < 4.78 is 5.08. The molecule has 0 radical (unpaired) electrons. The van der Waals surface area contributed by atoms with E-state index in [9.17, 15) is 4.79 Å². The van der Waals surface area contributed by atoms with Crippen molar-refractivity contribution in [3.05, 3.63) is 41.5 Å². The van der Waals surface area contributed by atoms with Crippen molar-refractivity contribution in [1.29, 1.82) is 0 Å². The monoisotopic (exact) mass is 315 g/mol. The van der Waals surface area contributed by atoms with Gasteiger partial charge in [-0.1, -0.05) is 23.4 Å². The van der Waals surface area contributed by atoms with Crippen molar-refractivity contribution in [3.63, 3.8) is 0 Å². The Balaban J connectivity index is 1.60. The molecular weight excluding hydrogens is 298 g/mol. The highest BCUT2D eigenvalue weighted by Gasteiger charge is 2.39. The molecular formula is C16H17N3O2S. The molecule has 1 saturated heterocycles. The molecule has 0 unspecified atom stereocenters. The number of benzene rings is 1. The lowest BCUT2D eigenvalue weighted by Gasteiger charge is -2.25. The number of rotatable bonds is 2. The second-order valence-corrected chi connectivity index (χ2v) is 6.82. The Morgan fingerprint density at radius 3 is 3.09 bits per heavy atom. The Morgan fingerprint density at radius 2 is 2.27 bits per heavy atom. The average molecular weight is 315 g/mol. The summed E-state index contributed by atoms with van der Waals surface area (Å²) in [5, 5.41) is 4.02. The van der Waals surface area contributed by atoms with Gasteiger partial charge in [-0.3, -0.25) is 4.79 Å². The second kappa shape index (κ2) is 5.43. The van der Waals surface area contributed by atoms with E-state index in [1.807, 2.05) is 17.0 Å². The van der Waals surface area contributed by atoms with Gasteiger partial charge in [0, 0.05) is 24.1 Å². The first kappa shape index (κ1) is 13.8. The lowest BCUT2D eigenvalue weighted by molar-refractivity contribution is -0.133. The number of hydrogen-bond donors (Lipinski definition) is 0. The molecule has 2 atom stereocenters. The van der Waals surface area contributed by atoms with Crippen LogP contribution in [0.1, 0.15) is 42.1 Å². The summed E-state index contributed by atoms with van der Waals surface area (Å²) in [4.78, 5) is 20.5. The minimum absolute atomic E-state index is 0.0392. The van der Waals surface area contributed by atoms with Gasteiger partial charge in [-0.2, -0.15) is 4.98 Å². The van der Waals surface area contributed by atoms with Crippen LogP contribution in [0.25, 0.3) is 0 Å². The first-order valence-electron chi connectivity index (χ1n) is 7.56. The number of likely N-dealkylation sites (tertiary alicyclic amines) is 1. The molecule has 4 rings (SSSR count). The highest BCUT2D eigenvalue weighted by atomic mass is 32.2. The smallest absolute Gasteiger partial charge is 0.231 e. The first-order valence-corrected chi connectivity index (χ1v) is 8.55. The Morgan fingerprint density at radius 1 is 1.41 bits per heavy atom. The van der Waals surface area contributed by atoms with Gasteiger partial charge in [0.1, 0.15) is 0 Å². The van der Waals surface area contributed by atoms with Crippen LogP contribution in [0, 0.1) is 6.92 Å².